The van der Waals surface area contributed by atoms with Crippen molar-refractivity contribution >= 4 is 20.9 Å². The van der Waals surface area contributed by atoms with E-state index in [1.807, 2.05) is 30.3 Å². The van der Waals surface area contributed by atoms with Crippen molar-refractivity contribution in [3.63, 3.8) is 0 Å². The molecular weight excluding hydrogens is 462 g/mol. The van der Waals surface area contributed by atoms with Crippen LogP contribution in [0.2, 0.25) is 0 Å². The maximum Gasteiger partial charge on any atom is 0.362 e. The summed E-state index contributed by atoms with van der Waals surface area (Å²) in [5.41, 5.74) is 0.944. The third kappa shape index (κ3) is 4.12. The fourth-order valence-electron chi connectivity index (χ4n) is 3.76. The summed E-state index contributed by atoms with van der Waals surface area (Å²) in [6.45, 7) is 0. The second kappa shape index (κ2) is 9.01. The van der Waals surface area contributed by atoms with Gasteiger partial charge in [-0.15, -0.1) is 0 Å². The molecule has 5 rings (SSSR count). The lowest BCUT2D eigenvalue weighted by Crippen LogP contribution is -2.16. The molecular formula is C28H19NO5S. The van der Waals surface area contributed by atoms with Gasteiger partial charge in [0.1, 0.15) is 5.75 Å². The molecule has 0 fully saturated rings. The highest BCUT2D eigenvalue weighted by atomic mass is 32.2. The summed E-state index contributed by atoms with van der Waals surface area (Å²) in [6.07, 6.45) is 1.36. The Morgan fingerprint density at radius 3 is 2.14 bits per heavy atom. The predicted molar refractivity (Wildman–Crippen MR) is 134 cm³/mol. The molecule has 0 N–H and O–H groups in total. The number of fused-ring (bicyclic) bond motifs is 1. The molecule has 6 nitrogen and oxygen atoms in total. The number of hydrogen-bond donors (Lipinski definition) is 0. The molecule has 7 heteroatoms. The second-order valence-corrected chi connectivity index (χ2v) is 9.45. The van der Waals surface area contributed by atoms with E-state index in [0.29, 0.717) is 22.3 Å². The molecule has 0 bridgehead atoms. The van der Waals surface area contributed by atoms with Crippen molar-refractivity contribution in [1.82, 2.24) is 3.97 Å². The Morgan fingerprint density at radius 2 is 1.49 bits per heavy atom. The third-order valence-electron chi connectivity index (χ3n) is 5.49. The monoisotopic (exact) mass is 481 g/mol. The molecule has 0 aliphatic carbocycles. The SMILES string of the molecule is COc1ccc(C#Cc2c(-c3ccccc3)oc(=O)c3c2ccn3S(=O)(=O)c2ccccc2)cc1. The lowest BCUT2D eigenvalue weighted by molar-refractivity contribution is 0.415. The zero-order chi connectivity index (χ0) is 24.4. The molecule has 5 aromatic rings. The minimum atomic E-state index is -4.02. The molecule has 35 heavy (non-hydrogen) atoms. The van der Waals surface area contributed by atoms with E-state index in [1.54, 1.807) is 55.6 Å². The van der Waals surface area contributed by atoms with Gasteiger partial charge in [0.05, 0.1) is 17.6 Å². The fourth-order valence-corrected chi connectivity index (χ4v) is 5.13. The van der Waals surface area contributed by atoms with Gasteiger partial charge in [-0.1, -0.05) is 60.4 Å². The summed E-state index contributed by atoms with van der Waals surface area (Å²) in [6, 6.07) is 25.8. The van der Waals surface area contributed by atoms with Crippen molar-refractivity contribution in [1.29, 1.82) is 0 Å². The summed E-state index contributed by atoms with van der Waals surface area (Å²) in [4.78, 5) is 13.2. The van der Waals surface area contributed by atoms with Crippen LogP contribution in [0.4, 0.5) is 0 Å². The van der Waals surface area contributed by atoms with Crippen LogP contribution in [0, 0.1) is 11.8 Å². The van der Waals surface area contributed by atoms with Gasteiger partial charge < -0.3 is 9.15 Å². The number of benzene rings is 3. The largest absolute Gasteiger partial charge is 0.497 e. The van der Waals surface area contributed by atoms with Gasteiger partial charge in [0.15, 0.2) is 11.3 Å². The first-order valence-corrected chi connectivity index (χ1v) is 12.1. The van der Waals surface area contributed by atoms with Crippen LogP contribution in [0.15, 0.2) is 111 Å². The van der Waals surface area contributed by atoms with Gasteiger partial charge in [0.2, 0.25) is 0 Å². The van der Waals surface area contributed by atoms with Gasteiger partial charge in [-0.05, 0) is 42.5 Å². The zero-order valence-corrected chi connectivity index (χ0v) is 19.5. The van der Waals surface area contributed by atoms with Gasteiger partial charge in [0.25, 0.3) is 10.0 Å². The maximum absolute atomic E-state index is 13.3. The number of ether oxygens (including phenoxy) is 1. The molecule has 2 heterocycles. The van der Waals surface area contributed by atoms with Crippen molar-refractivity contribution in [3.05, 3.63) is 119 Å². The van der Waals surface area contributed by atoms with E-state index < -0.39 is 15.6 Å². The summed E-state index contributed by atoms with van der Waals surface area (Å²) in [5, 5.41) is 0.389. The van der Waals surface area contributed by atoms with Crippen LogP contribution in [0.25, 0.3) is 22.2 Å². The summed E-state index contributed by atoms with van der Waals surface area (Å²) < 4.78 is 38.5. The van der Waals surface area contributed by atoms with E-state index in [0.717, 1.165) is 9.54 Å². The standard InChI is InChI=1S/C28H19NO5S/c1-33-22-15-12-20(13-16-22)14-17-25-24-18-19-29(35(31,32)23-10-6-3-7-11-23)26(24)28(30)34-27(25)21-8-4-2-5-9-21/h2-13,15-16,18-19H,1H3. The average molecular weight is 482 g/mol. The van der Waals surface area contributed by atoms with E-state index in [1.165, 1.54) is 18.3 Å². The maximum atomic E-state index is 13.3. The minimum Gasteiger partial charge on any atom is -0.497 e. The Morgan fingerprint density at radius 1 is 0.829 bits per heavy atom. The lowest BCUT2D eigenvalue weighted by Gasteiger charge is -2.09. The molecule has 0 atom stereocenters. The Labute approximate surface area is 202 Å². The molecule has 0 aliphatic heterocycles. The molecule has 0 unspecified atom stereocenters. The minimum absolute atomic E-state index is 0.0647. The van der Waals surface area contributed by atoms with Crippen LogP contribution >= 0.6 is 0 Å². The van der Waals surface area contributed by atoms with Crippen LogP contribution < -0.4 is 10.4 Å². The van der Waals surface area contributed by atoms with E-state index in [-0.39, 0.29) is 16.2 Å². The van der Waals surface area contributed by atoms with E-state index in [2.05, 4.69) is 11.8 Å². The lowest BCUT2D eigenvalue weighted by atomic mass is 10.0. The quantitative estimate of drug-likeness (QED) is 0.341. The summed E-state index contributed by atoms with van der Waals surface area (Å²) >= 11 is 0. The first-order chi connectivity index (χ1) is 17.0. The Hall–Kier alpha value is -4.54. The molecule has 0 radical (unpaired) electrons. The summed E-state index contributed by atoms with van der Waals surface area (Å²) in [5.74, 6) is 7.18. The van der Waals surface area contributed by atoms with Crippen molar-refractivity contribution < 1.29 is 17.6 Å². The van der Waals surface area contributed by atoms with Gasteiger partial charge in [-0.2, -0.15) is 0 Å². The van der Waals surface area contributed by atoms with E-state index in [4.69, 9.17) is 9.15 Å². The first-order valence-electron chi connectivity index (χ1n) is 10.7. The Balaban J connectivity index is 1.76. The van der Waals surface area contributed by atoms with Crippen LogP contribution in [-0.2, 0) is 10.0 Å². The van der Waals surface area contributed by atoms with Crippen molar-refractivity contribution in [2.24, 2.45) is 0 Å². The van der Waals surface area contributed by atoms with E-state index >= 15 is 0 Å². The van der Waals surface area contributed by atoms with Crippen LogP contribution in [0.1, 0.15) is 11.1 Å². The smallest absolute Gasteiger partial charge is 0.362 e. The van der Waals surface area contributed by atoms with Crippen molar-refractivity contribution in [2.75, 3.05) is 7.11 Å². The normalized spacial score (nSPS) is 11.1. The molecule has 0 saturated heterocycles. The molecule has 2 aromatic heterocycles. The number of nitrogens with zero attached hydrogens (tertiary/aromatic N) is 1. The van der Waals surface area contributed by atoms with Crippen LogP contribution in [0.3, 0.4) is 0 Å². The molecule has 3 aromatic carbocycles. The zero-order valence-electron chi connectivity index (χ0n) is 18.6. The molecule has 0 spiro atoms. The highest BCUT2D eigenvalue weighted by Crippen LogP contribution is 2.30. The fraction of sp³-hybridized carbons (Fsp3) is 0.0357. The number of methoxy groups -OCH3 is 1. The molecule has 0 aliphatic rings. The van der Waals surface area contributed by atoms with Gasteiger partial charge >= 0.3 is 5.63 Å². The number of hydrogen-bond acceptors (Lipinski definition) is 5. The van der Waals surface area contributed by atoms with E-state index in [9.17, 15) is 13.2 Å². The van der Waals surface area contributed by atoms with Gasteiger partial charge in [-0.3, -0.25) is 0 Å². The van der Waals surface area contributed by atoms with Crippen molar-refractivity contribution in [3.8, 4) is 28.9 Å². The average Bonchev–Trinajstić information content (AvgIpc) is 3.36. The Kier molecular flexibility index (Phi) is 5.73. The molecule has 172 valence electrons. The number of rotatable bonds is 4. The molecule has 0 saturated carbocycles. The van der Waals surface area contributed by atoms with Gasteiger partial charge in [-0.25, -0.2) is 17.2 Å². The second-order valence-electron chi connectivity index (χ2n) is 7.63. The first kappa shape index (κ1) is 22.3. The molecule has 0 amide bonds. The topological polar surface area (TPSA) is 78.5 Å². The highest BCUT2D eigenvalue weighted by molar-refractivity contribution is 7.90. The van der Waals surface area contributed by atoms with Crippen LogP contribution in [0.5, 0.6) is 5.75 Å². The van der Waals surface area contributed by atoms with Crippen molar-refractivity contribution in [2.45, 2.75) is 4.90 Å². The van der Waals surface area contributed by atoms with Crippen LogP contribution in [-0.4, -0.2) is 19.5 Å². The third-order valence-corrected chi connectivity index (χ3v) is 7.18. The Bertz CT molecular complexity index is 1740. The van der Waals surface area contributed by atoms with Gasteiger partial charge in [0, 0.05) is 22.7 Å². The number of aromatic nitrogens is 1. The predicted octanol–water partition coefficient (Wildman–Crippen LogP) is 4.91. The summed E-state index contributed by atoms with van der Waals surface area (Å²) in [7, 11) is -2.43. The highest BCUT2D eigenvalue weighted by Gasteiger charge is 2.24.